The molecule has 1 atom stereocenters. The highest BCUT2D eigenvalue weighted by atomic mass is 19.1. The zero-order valence-electron chi connectivity index (χ0n) is 9.93. The fourth-order valence-electron chi connectivity index (χ4n) is 2.12. The second-order valence-electron chi connectivity index (χ2n) is 4.53. The lowest BCUT2D eigenvalue weighted by atomic mass is 10.1. The fraction of sp³-hybridized carbons (Fsp3) is 0.538. The van der Waals surface area contributed by atoms with Crippen LogP contribution in [0.3, 0.4) is 0 Å². The smallest absolute Gasteiger partial charge is 0.123 e. The van der Waals surface area contributed by atoms with E-state index in [1.165, 1.54) is 12.1 Å². The van der Waals surface area contributed by atoms with Crippen molar-refractivity contribution in [2.24, 2.45) is 0 Å². The third-order valence-electron chi connectivity index (χ3n) is 3.08. The van der Waals surface area contributed by atoms with Gasteiger partial charge >= 0.3 is 0 Å². The molecule has 0 saturated heterocycles. The van der Waals surface area contributed by atoms with Crippen LogP contribution in [-0.4, -0.2) is 29.4 Å². The molecule has 0 aliphatic heterocycles. The predicted molar refractivity (Wildman–Crippen MR) is 64.5 cm³/mol. The van der Waals surface area contributed by atoms with Crippen molar-refractivity contribution in [2.75, 3.05) is 18.1 Å². The molecule has 1 fully saturated rings. The Kier molecular flexibility index (Phi) is 3.64. The SMILES string of the molecule is CC(O)c1cc(F)ccc1N(CCO)C1CC1. The number of rotatable bonds is 5. The Balaban J connectivity index is 2.34. The van der Waals surface area contributed by atoms with E-state index in [1.54, 1.807) is 13.0 Å². The van der Waals surface area contributed by atoms with Crippen LogP contribution >= 0.6 is 0 Å². The summed E-state index contributed by atoms with van der Waals surface area (Å²) in [7, 11) is 0. The Morgan fingerprint density at radius 2 is 2.18 bits per heavy atom. The largest absolute Gasteiger partial charge is 0.395 e. The molecule has 0 bridgehead atoms. The molecule has 4 heteroatoms. The molecule has 2 N–H and O–H groups in total. The number of aliphatic hydroxyl groups is 2. The van der Waals surface area contributed by atoms with E-state index in [9.17, 15) is 9.50 Å². The van der Waals surface area contributed by atoms with Crippen molar-refractivity contribution < 1.29 is 14.6 Å². The molecule has 1 aromatic rings. The number of benzene rings is 1. The van der Waals surface area contributed by atoms with Gasteiger partial charge in [0.1, 0.15) is 5.82 Å². The summed E-state index contributed by atoms with van der Waals surface area (Å²) in [5, 5.41) is 18.8. The van der Waals surface area contributed by atoms with Crippen LogP contribution in [-0.2, 0) is 0 Å². The molecule has 94 valence electrons. The number of anilines is 1. The van der Waals surface area contributed by atoms with Crippen LogP contribution in [0.5, 0.6) is 0 Å². The van der Waals surface area contributed by atoms with Crippen LogP contribution in [0.1, 0.15) is 31.4 Å². The average molecular weight is 239 g/mol. The molecule has 1 unspecified atom stereocenters. The maximum Gasteiger partial charge on any atom is 0.123 e. The predicted octanol–water partition coefficient (Wildman–Crippen LogP) is 1.84. The van der Waals surface area contributed by atoms with Gasteiger partial charge in [0.25, 0.3) is 0 Å². The zero-order valence-corrected chi connectivity index (χ0v) is 9.93. The molecule has 1 aromatic carbocycles. The summed E-state index contributed by atoms with van der Waals surface area (Å²) in [5.41, 5.74) is 1.42. The molecule has 1 saturated carbocycles. The highest BCUT2D eigenvalue weighted by Gasteiger charge is 2.30. The standard InChI is InChI=1S/C13H18FNO2/c1-9(17)12-8-10(14)2-5-13(12)15(6-7-16)11-3-4-11/h2,5,8-9,11,16-17H,3-4,6-7H2,1H3. The molecule has 0 radical (unpaired) electrons. The average Bonchev–Trinajstić information content (AvgIpc) is 3.10. The third-order valence-corrected chi connectivity index (χ3v) is 3.08. The molecule has 0 heterocycles. The van der Waals surface area contributed by atoms with Crippen molar-refractivity contribution in [2.45, 2.75) is 31.9 Å². The monoisotopic (exact) mass is 239 g/mol. The molecule has 0 amide bonds. The van der Waals surface area contributed by atoms with Crippen LogP contribution in [0.4, 0.5) is 10.1 Å². The van der Waals surface area contributed by atoms with Crippen molar-refractivity contribution in [1.29, 1.82) is 0 Å². The van der Waals surface area contributed by atoms with Gasteiger partial charge in [0, 0.05) is 23.8 Å². The maximum atomic E-state index is 13.2. The third kappa shape index (κ3) is 2.76. The lowest BCUT2D eigenvalue weighted by Gasteiger charge is -2.27. The summed E-state index contributed by atoms with van der Waals surface area (Å²) in [6, 6.07) is 4.87. The summed E-state index contributed by atoms with van der Waals surface area (Å²) in [6.07, 6.45) is 1.48. The van der Waals surface area contributed by atoms with Gasteiger partial charge in [-0.3, -0.25) is 0 Å². The van der Waals surface area contributed by atoms with Crippen LogP contribution in [0.2, 0.25) is 0 Å². The Morgan fingerprint density at radius 1 is 1.47 bits per heavy atom. The van der Waals surface area contributed by atoms with Crippen LogP contribution in [0.25, 0.3) is 0 Å². The van der Waals surface area contributed by atoms with Gasteiger partial charge in [-0.2, -0.15) is 0 Å². The molecule has 2 rings (SSSR count). The Bertz CT molecular complexity index is 391. The Hall–Kier alpha value is -1.13. The summed E-state index contributed by atoms with van der Waals surface area (Å²) >= 11 is 0. The highest BCUT2D eigenvalue weighted by Crippen LogP contribution is 2.35. The van der Waals surface area contributed by atoms with Gasteiger partial charge < -0.3 is 15.1 Å². The molecule has 0 spiro atoms. The molecule has 17 heavy (non-hydrogen) atoms. The number of nitrogens with zero attached hydrogens (tertiary/aromatic N) is 1. The number of halogens is 1. The van der Waals surface area contributed by atoms with E-state index in [4.69, 9.17) is 5.11 Å². The van der Waals surface area contributed by atoms with Crippen molar-refractivity contribution in [3.63, 3.8) is 0 Å². The second kappa shape index (κ2) is 5.02. The van der Waals surface area contributed by atoms with E-state index < -0.39 is 6.10 Å². The van der Waals surface area contributed by atoms with E-state index in [0.717, 1.165) is 18.5 Å². The van der Waals surface area contributed by atoms with Crippen molar-refractivity contribution in [1.82, 2.24) is 0 Å². The summed E-state index contributed by atoms with van der Waals surface area (Å²) in [6.45, 7) is 2.21. The fourth-order valence-corrected chi connectivity index (χ4v) is 2.12. The van der Waals surface area contributed by atoms with Gasteiger partial charge in [0.2, 0.25) is 0 Å². The molecule has 1 aliphatic rings. The van der Waals surface area contributed by atoms with E-state index in [1.807, 2.05) is 0 Å². The topological polar surface area (TPSA) is 43.7 Å². The zero-order chi connectivity index (χ0) is 12.4. The van der Waals surface area contributed by atoms with Gasteiger partial charge in [-0.05, 0) is 38.0 Å². The van der Waals surface area contributed by atoms with E-state index in [2.05, 4.69) is 4.90 Å². The quantitative estimate of drug-likeness (QED) is 0.824. The number of aliphatic hydroxyl groups excluding tert-OH is 2. The first-order chi connectivity index (χ1) is 8.13. The van der Waals surface area contributed by atoms with Crippen LogP contribution in [0, 0.1) is 5.82 Å². The lowest BCUT2D eigenvalue weighted by molar-refractivity contribution is 0.199. The van der Waals surface area contributed by atoms with Crippen LogP contribution in [0.15, 0.2) is 18.2 Å². The second-order valence-corrected chi connectivity index (χ2v) is 4.53. The van der Waals surface area contributed by atoms with Gasteiger partial charge in [-0.1, -0.05) is 0 Å². The number of hydrogen-bond acceptors (Lipinski definition) is 3. The first-order valence-electron chi connectivity index (χ1n) is 5.98. The first-order valence-corrected chi connectivity index (χ1v) is 5.98. The van der Waals surface area contributed by atoms with Crippen LogP contribution < -0.4 is 4.90 Å². The van der Waals surface area contributed by atoms with E-state index in [-0.39, 0.29) is 12.4 Å². The van der Waals surface area contributed by atoms with Gasteiger partial charge in [-0.15, -0.1) is 0 Å². The molecule has 3 nitrogen and oxygen atoms in total. The van der Waals surface area contributed by atoms with Gasteiger partial charge in [0.15, 0.2) is 0 Å². The van der Waals surface area contributed by atoms with Crippen molar-refractivity contribution in [3.05, 3.63) is 29.6 Å². The van der Waals surface area contributed by atoms with E-state index in [0.29, 0.717) is 18.2 Å². The van der Waals surface area contributed by atoms with Gasteiger partial charge in [-0.25, -0.2) is 4.39 Å². The minimum absolute atomic E-state index is 0.0626. The summed E-state index contributed by atoms with van der Waals surface area (Å²) in [4.78, 5) is 2.06. The van der Waals surface area contributed by atoms with Crippen molar-refractivity contribution in [3.8, 4) is 0 Å². The highest BCUT2D eigenvalue weighted by molar-refractivity contribution is 5.56. The minimum Gasteiger partial charge on any atom is -0.395 e. The lowest BCUT2D eigenvalue weighted by Crippen LogP contribution is -2.30. The van der Waals surface area contributed by atoms with Crippen molar-refractivity contribution >= 4 is 5.69 Å². The molecule has 0 aromatic heterocycles. The Labute approximate surface area is 100 Å². The normalized spacial score (nSPS) is 16.9. The Morgan fingerprint density at radius 3 is 2.71 bits per heavy atom. The minimum atomic E-state index is -0.708. The number of hydrogen-bond donors (Lipinski definition) is 2. The first kappa shape index (κ1) is 12.3. The summed E-state index contributed by atoms with van der Waals surface area (Å²) < 4.78 is 13.2. The summed E-state index contributed by atoms with van der Waals surface area (Å²) in [5.74, 6) is -0.343. The molecular formula is C13H18FNO2. The molecular weight excluding hydrogens is 221 g/mol. The van der Waals surface area contributed by atoms with Gasteiger partial charge in [0.05, 0.1) is 12.7 Å². The maximum absolute atomic E-state index is 13.2. The molecule has 1 aliphatic carbocycles. The van der Waals surface area contributed by atoms with E-state index >= 15 is 0 Å².